The minimum atomic E-state index is -0.706. The lowest BCUT2D eigenvalue weighted by Gasteiger charge is -2.08. The predicted molar refractivity (Wildman–Crippen MR) is 80.0 cm³/mol. The van der Waals surface area contributed by atoms with Gasteiger partial charge in [0.1, 0.15) is 0 Å². The number of nitrogens with one attached hydrogen (secondary N) is 1. The van der Waals surface area contributed by atoms with Crippen LogP contribution >= 0.6 is 34.8 Å². The predicted octanol–water partition coefficient (Wildman–Crippen LogP) is 2.79. The number of anilines is 1. The average molecular weight is 346 g/mol. The Kier molecular flexibility index (Phi) is 4.62. The first-order valence-corrected chi connectivity index (χ1v) is 6.61. The van der Waals surface area contributed by atoms with Gasteiger partial charge in [0.25, 0.3) is 5.91 Å². The molecule has 0 aliphatic carbocycles. The molecule has 0 unspecified atom stereocenters. The highest BCUT2D eigenvalue weighted by Crippen LogP contribution is 2.22. The molecular formula is C12H7Cl3N4O2. The van der Waals surface area contributed by atoms with Crippen molar-refractivity contribution >= 4 is 52.3 Å². The number of nitrogens with zero attached hydrogens (tertiary/aromatic N) is 2. The molecule has 2 rings (SSSR count). The van der Waals surface area contributed by atoms with Gasteiger partial charge in [-0.05, 0) is 24.3 Å². The number of hydrogen-bond donors (Lipinski definition) is 2. The smallest absolute Gasteiger partial charge is 0.258 e. The van der Waals surface area contributed by atoms with Gasteiger partial charge in [-0.1, -0.05) is 34.8 Å². The molecule has 0 saturated heterocycles. The van der Waals surface area contributed by atoms with Gasteiger partial charge < -0.3 is 11.1 Å². The van der Waals surface area contributed by atoms with Crippen molar-refractivity contribution in [3.05, 3.63) is 50.7 Å². The summed E-state index contributed by atoms with van der Waals surface area (Å²) >= 11 is 17.3. The summed E-state index contributed by atoms with van der Waals surface area (Å²) in [5.41, 5.74) is 5.64. The summed E-state index contributed by atoms with van der Waals surface area (Å²) < 4.78 is 0. The molecule has 0 radical (unpaired) electrons. The molecule has 1 heterocycles. The topological polar surface area (TPSA) is 98.0 Å². The molecule has 108 valence electrons. The molecule has 0 aliphatic rings. The molecule has 3 N–H and O–H groups in total. The second-order valence-corrected chi connectivity index (χ2v) is 5.04. The van der Waals surface area contributed by atoms with Crippen LogP contribution in [-0.2, 0) is 0 Å². The van der Waals surface area contributed by atoms with Gasteiger partial charge >= 0.3 is 0 Å². The van der Waals surface area contributed by atoms with E-state index in [2.05, 4.69) is 15.5 Å². The highest BCUT2D eigenvalue weighted by molar-refractivity contribution is 6.35. The van der Waals surface area contributed by atoms with E-state index >= 15 is 0 Å². The third kappa shape index (κ3) is 3.60. The Labute approximate surface area is 134 Å². The number of carbonyl (C=O) groups is 2. The van der Waals surface area contributed by atoms with Crippen molar-refractivity contribution in [3.63, 3.8) is 0 Å². The molecule has 0 spiro atoms. The van der Waals surface area contributed by atoms with Crippen LogP contribution in [-0.4, -0.2) is 22.0 Å². The molecular weight excluding hydrogens is 339 g/mol. The van der Waals surface area contributed by atoms with Crippen LogP contribution in [0.4, 0.5) is 5.69 Å². The summed E-state index contributed by atoms with van der Waals surface area (Å²) in [5, 5.41) is 9.68. The molecule has 1 aromatic carbocycles. The van der Waals surface area contributed by atoms with Gasteiger partial charge in [0, 0.05) is 5.69 Å². The summed E-state index contributed by atoms with van der Waals surface area (Å²) in [4.78, 5) is 23.3. The van der Waals surface area contributed by atoms with Crippen molar-refractivity contribution < 1.29 is 9.59 Å². The second kappa shape index (κ2) is 6.26. The minimum Gasteiger partial charge on any atom is -0.366 e. The first-order chi connectivity index (χ1) is 9.88. The van der Waals surface area contributed by atoms with E-state index in [1.807, 2.05) is 0 Å². The zero-order valence-electron chi connectivity index (χ0n) is 10.2. The van der Waals surface area contributed by atoms with Crippen molar-refractivity contribution in [2.75, 3.05) is 5.32 Å². The Balaban J connectivity index is 2.29. The van der Waals surface area contributed by atoms with Gasteiger partial charge in [-0.3, -0.25) is 9.59 Å². The van der Waals surface area contributed by atoms with E-state index < -0.39 is 11.8 Å². The second-order valence-electron chi connectivity index (χ2n) is 3.88. The highest BCUT2D eigenvalue weighted by atomic mass is 35.5. The fourth-order valence-corrected chi connectivity index (χ4v) is 2.04. The van der Waals surface area contributed by atoms with Gasteiger partial charge in [-0.2, -0.15) is 0 Å². The van der Waals surface area contributed by atoms with E-state index in [4.69, 9.17) is 40.5 Å². The Bertz CT molecular complexity index is 736. The Hall–Kier alpha value is -1.89. The number of halogens is 3. The van der Waals surface area contributed by atoms with Gasteiger partial charge in [0.2, 0.25) is 5.91 Å². The monoisotopic (exact) mass is 344 g/mol. The maximum atomic E-state index is 12.1. The third-order valence-electron chi connectivity index (χ3n) is 2.45. The lowest BCUT2D eigenvalue weighted by molar-refractivity contribution is 0.0996. The molecule has 0 saturated carbocycles. The quantitative estimate of drug-likeness (QED) is 0.893. The van der Waals surface area contributed by atoms with Crippen LogP contribution in [0.5, 0.6) is 0 Å². The maximum absolute atomic E-state index is 12.1. The van der Waals surface area contributed by atoms with Crippen molar-refractivity contribution in [1.82, 2.24) is 10.2 Å². The van der Waals surface area contributed by atoms with Gasteiger partial charge in [0.05, 0.1) is 16.1 Å². The van der Waals surface area contributed by atoms with Crippen LogP contribution in [0.1, 0.15) is 20.7 Å². The van der Waals surface area contributed by atoms with Crippen molar-refractivity contribution in [2.45, 2.75) is 0 Å². The minimum absolute atomic E-state index is 0.0264. The van der Waals surface area contributed by atoms with E-state index in [0.29, 0.717) is 5.69 Å². The lowest BCUT2D eigenvalue weighted by Crippen LogP contribution is -2.15. The van der Waals surface area contributed by atoms with Crippen molar-refractivity contribution in [1.29, 1.82) is 0 Å². The first-order valence-electron chi connectivity index (χ1n) is 5.48. The van der Waals surface area contributed by atoms with Crippen LogP contribution in [0.15, 0.2) is 24.3 Å². The van der Waals surface area contributed by atoms with Crippen LogP contribution in [0.3, 0.4) is 0 Å². The molecule has 2 amide bonds. The molecule has 6 nitrogen and oxygen atoms in total. The van der Waals surface area contributed by atoms with Crippen LogP contribution in [0.25, 0.3) is 0 Å². The molecule has 9 heteroatoms. The van der Waals surface area contributed by atoms with E-state index in [1.165, 1.54) is 24.3 Å². The number of benzene rings is 1. The van der Waals surface area contributed by atoms with E-state index in [9.17, 15) is 9.59 Å². The molecule has 0 atom stereocenters. The molecule has 0 fully saturated rings. The fourth-order valence-electron chi connectivity index (χ4n) is 1.50. The number of hydrogen-bond acceptors (Lipinski definition) is 4. The molecule has 1 aromatic heterocycles. The SMILES string of the molecule is NC(=O)c1cc(NC(=O)c2cc(Cl)nnc2Cl)ccc1Cl. The molecule has 2 aromatic rings. The van der Waals surface area contributed by atoms with E-state index in [1.54, 1.807) is 0 Å². The summed E-state index contributed by atoms with van der Waals surface area (Å²) in [6.45, 7) is 0. The maximum Gasteiger partial charge on any atom is 0.258 e. The number of nitrogens with two attached hydrogens (primary N) is 1. The van der Waals surface area contributed by atoms with Crippen molar-refractivity contribution in [2.24, 2.45) is 5.73 Å². The number of amides is 2. The van der Waals surface area contributed by atoms with Gasteiger partial charge in [0.15, 0.2) is 10.3 Å². The summed E-state index contributed by atoms with van der Waals surface area (Å²) in [5.74, 6) is -1.27. The number of primary amides is 1. The van der Waals surface area contributed by atoms with Crippen LogP contribution < -0.4 is 11.1 Å². The van der Waals surface area contributed by atoms with Crippen molar-refractivity contribution in [3.8, 4) is 0 Å². The molecule has 0 aliphatic heterocycles. The number of rotatable bonds is 3. The Morgan fingerprint density at radius 3 is 2.43 bits per heavy atom. The largest absolute Gasteiger partial charge is 0.366 e. The van der Waals surface area contributed by atoms with Crippen LogP contribution in [0.2, 0.25) is 15.3 Å². The van der Waals surface area contributed by atoms with Gasteiger partial charge in [-0.25, -0.2) is 0 Å². The first kappa shape index (κ1) is 15.5. The molecule has 21 heavy (non-hydrogen) atoms. The lowest BCUT2D eigenvalue weighted by atomic mass is 10.2. The summed E-state index contributed by atoms with van der Waals surface area (Å²) in [6.07, 6.45) is 0. The zero-order chi connectivity index (χ0) is 15.6. The third-order valence-corrected chi connectivity index (χ3v) is 3.25. The van der Waals surface area contributed by atoms with Crippen LogP contribution in [0, 0.1) is 0 Å². The fraction of sp³-hybridized carbons (Fsp3) is 0. The van der Waals surface area contributed by atoms with E-state index in [0.717, 1.165) is 0 Å². The number of carbonyl (C=O) groups excluding carboxylic acids is 2. The average Bonchev–Trinajstić information content (AvgIpc) is 2.43. The highest BCUT2D eigenvalue weighted by Gasteiger charge is 2.15. The number of aromatic nitrogens is 2. The normalized spacial score (nSPS) is 10.2. The summed E-state index contributed by atoms with van der Waals surface area (Å²) in [7, 11) is 0. The van der Waals surface area contributed by atoms with Gasteiger partial charge in [-0.15, -0.1) is 10.2 Å². The Morgan fingerprint density at radius 1 is 1.05 bits per heavy atom. The Morgan fingerprint density at radius 2 is 1.76 bits per heavy atom. The zero-order valence-corrected chi connectivity index (χ0v) is 12.5. The summed E-state index contributed by atoms with van der Waals surface area (Å²) in [6, 6.07) is 5.58. The standard InChI is InChI=1S/C12H7Cl3N4O2/c13-8-2-1-5(3-6(8)11(16)20)17-12(21)7-4-9(14)18-19-10(7)15/h1-4H,(H2,16,20)(H,17,21). The van der Waals surface area contributed by atoms with E-state index in [-0.39, 0.29) is 26.5 Å². The molecule has 0 bridgehead atoms.